The molecule has 20 heavy (non-hydrogen) atoms. The van der Waals surface area contributed by atoms with Gasteiger partial charge in [-0.25, -0.2) is 0 Å². The fraction of sp³-hybridized carbons (Fsp3) is 0.941. The second-order valence-corrected chi connectivity index (χ2v) is 7.56. The maximum absolute atomic E-state index is 12.2. The summed E-state index contributed by atoms with van der Waals surface area (Å²) < 4.78 is 5.74. The molecule has 3 heteroatoms. The summed E-state index contributed by atoms with van der Waals surface area (Å²) >= 11 is 0. The minimum atomic E-state index is 0.0584. The van der Waals surface area contributed by atoms with E-state index >= 15 is 0 Å². The number of hydrogen-bond donors (Lipinski definition) is 1. The number of esters is 1. The van der Waals surface area contributed by atoms with Gasteiger partial charge >= 0.3 is 5.97 Å². The summed E-state index contributed by atoms with van der Waals surface area (Å²) in [5.41, 5.74) is 0. The molecule has 0 amide bonds. The van der Waals surface area contributed by atoms with Crippen molar-refractivity contribution in [1.29, 1.82) is 0 Å². The fourth-order valence-corrected chi connectivity index (χ4v) is 4.42. The van der Waals surface area contributed by atoms with Crippen LogP contribution in [0.2, 0.25) is 0 Å². The summed E-state index contributed by atoms with van der Waals surface area (Å²) in [4.78, 5) is 12.2. The van der Waals surface area contributed by atoms with Gasteiger partial charge in [0.25, 0.3) is 0 Å². The second-order valence-electron chi connectivity index (χ2n) is 7.56. The summed E-state index contributed by atoms with van der Waals surface area (Å²) in [5.74, 6) is 2.09. The quantitative estimate of drug-likeness (QED) is 0.806. The summed E-state index contributed by atoms with van der Waals surface area (Å²) in [5, 5.41) is 3.63. The largest absolute Gasteiger partial charge is 0.462 e. The van der Waals surface area contributed by atoms with E-state index in [0.29, 0.717) is 30.3 Å². The molecule has 1 N–H and O–H groups in total. The number of hydrogen-bond acceptors (Lipinski definition) is 3. The highest BCUT2D eigenvalue weighted by Crippen LogP contribution is 2.34. The van der Waals surface area contributed by atoms with Gasteiger partial charge in [0, 0.05) is 18.5 Å². The van der Waals surface area contributed by atoms with Crippen LogP contribution in [0.15, 0.2) is 0 Å². The van der Waals surface area contributed by atoms with Crippen molar-refractivity contribution in [2.24, 2.45) is 17.8 Å². The van der Waals surface area contributed by atoms with Crippen molar-refractivity contribution in [1.82, 2.24) is 5.32 Å². The predicted octanol–water partition coefficient (Wildman–Crippen LogP) is 3.28. The molecule has 2 bridgehead atoms. The third-order valence-electron chi connectivity index (χ3n) is 5.87. The zero-order valence-corrected chi connectivity index (χ0v) is 12.9. The smallest absolute Gasteiger partial charge is 0.306 e. The Bertz CT molecular complexity index is 345. The monoisotopic (exact) mass is 279 g/mol. The molecule has 114 valence electrons. The molecule has 1 aliphatic carbocycles. The average Bonchev–Trinajstić information content (AvgIpc) is 2.73. The van der Waals surface area contributed by atoms with Crippen molar-refractivity contribution in [3.05, 3.63) is 0 Å². The van der Waals surface area contributed by atoms with E-state index < -0.39 is 0 Å². The molecule has 3 nitrogen and oxygen atoms in total. The van der Waals surface area contributed by atoms with E-state index in [1.807, 2.05) is 0 Å². The molecule has 3 fully saturated rings. The highest BCUT2D eigenvalue weighted by molar-refractivity contribution is 5.70. The minimum Gasteiger partial charge on any atom is -0.462 e. The standard InChI is InChI=1S/C17H29NO2/c1-11-3-6-16(7-12(11)2)20-17(19)10-13-8-14-4-5-15(9-13)18-14/h11-16,18H,3-10H2,1-2H3. The van der Waals surface area contributed by atoms with Crippen LogP contribution in [0.25, 0.3) is 0 Å². The van der Waals surface area contributed by atoms with Gasteiger partial charge in [-0.3, -0.25) is 4.79 Å². The van der Waals surface area contributed by atoms with Crippen molar-refractivity contribution >= 4 is 5.97 Å². The Kier molecular flexibility index (Phi) is 4.34. The summed E-state index contributed by atoms with van der Waals surface area (Å²) in [6, 6.07) is 1.34. The molecule has 3 rings (SSSR count). The van der Waals surface area contributed by atoms with Gasteiger partial charge in [-0.1, -0.05) is 13.8 Å². The van der Waals surface area contributed by atoms with Gasteiger partial charge in [-0.15, -0.1) is 0 Å². The van der Waals surface area contributed by atoms with Crippen LogP contribution in [-0.2, 0) is 9.53 Å². The number of fused-ring (bicyclic) bond motifs is 2. The molecule has 2 aliphatic heterocycles. The number of rotatable bonds is 3. The Balaban J connectivity index is 1.43. The number of carbonyl (C=O) groups excluding carboxylic acids is 1. The molecule has 0 spiro atoms. The first-order chi connectivity index (χ1) is 9.60. The first-order valence-corrected chi connectivity index (χ1v) is 8.55. The van der Waals surface area contributed by atoms with Crippen LogP contribution in [0.5, 0.6) is 0 Å². The molecular weight excluding hydrogens is 250 g/mol. The van der Waals surface area contributed by atoms with Gasteiger partial charge < -0.3 is 10.1 Å². The molecular formula is C17H29NO2. The topological polar surface area (TPSA) is 38.3 Å². The molecule has 2 heterocycles. The molecule has 1 saturated carbocycles. The van der Waals surface area contributed by atoms with Gasteiger partial charge in [0.2, 0.25) is 0 Å². The van der Waals surface area contributed by atoms with E-state index in [0.717, 1.165) is 18.8 Å². The molecule has 0 aromatic carbocycles. The van der Waals surface area contributed by atoms with Gasteiger partial charge in [-0.05, 0) is 62.7 Å². The third-order valence-corrected chi connectivity index (χ3v) is 5.87. The average molecular weight is 279 g/mol. The minimum absolute atomic E-state index is 0.0584. The van der Waals surface area contributed by atoms with E-state index in [9.17, 15) is 4.79 Å². The van der Waals surface area contributed by atoms with Gasteiger partial charge in [0.05, 0.1) is 0 Å². The van der Waals surface area contributed by atoms with Crippen molar-refractivity contribution in [2.75, 3.05) is 0 Å². The maximum Gasteiger partial charge on any atom is 0.306 e. The van der Waals surface area contributed by atoms with Crippen LogP contribution in [-0.4, -0.2) is 24.2 Å². The molecule has 0 radical (unpaired) electrons. The number of piperidine rings is 1. The lowest BCUT2D eigenvalue weighted by Crippen LogP contribution is -2.39. The van der Waals surface area contributed by atoms with Gasteiger partial charge in [0.1, 0.15) is 6.10 Å². The van der Waals surface area contributed by atoms with Crippen LogP contribution in [0.4, 0.5) is 0 Å². The van der Waals surface area contributed by atoms with Gasteiger partial charge in [-0.2, -0.15) is 0 Å². The Labute approximate surface area is 122 Å². The van der Waals surface area contributed by atoms with Crippen LogP contribution < -0.4 is 5.32 Å². The number of carbonyl (C=O) groups is 1. The molecule has 0 aromatic rings. The van der Waals surface area contributed by atoms with Crippen LogP contribution >= 0.6 is 0 Å². The van der Waals surface area contributed by atoms with Crippen molar-refractivity contribution in [2.45, 2.75) is 83.4 Å². The normalized spacial score (nSPS) is 44.3. The van der Waals surface area contributed by atoms with Crippen LogP contribution in [0, 0.1) is 17.8 Å². The van der Waals surface area contributed by atoms with E-state index in [1.54, 1.807) is 0 Å². The lowest BCUT2D eigenvalue weighted by Gasteiger charge is -2.32. The van der Waals surface area contributed by atoms with E-state index in [4.69, 9.17) is 4.74 Å². The van der Waals surface area contributed by atoms with Crippen molar-refractivity contribution in [3.63, 3.8) is 0 Å². The van der Waals surface area contributed by atoms with E-state index in [-0.39, 0.29) is 12.1 Å². The van der Waals surface area contributed by atoms with Crippen molar-refractivity contribution in [3.8, 4) is 0 Å². The zero-order chi connectivity index (χ0) is 14.1. The van der Waals surface area contributed by atoms with Gasteiger partial charge in [0.15, 0.2) is 0 Å². The highest BCUT2D eigenvalue weighted by atomic mass is 16.5. The Morgan fingerprint density at radius 3 is 2.35 bits per heavy atom. The Morgan fingerprint density at radius 2 is 1.70 bits per heavy atom. The third kappa shape index (κ3) is 3.36. The zero-order valence-electron chi connectivity index (χ0n) is 12.9. The van der Waals surface area contributed by atoms with Crippen molar-refractivity contribution < 1.29 is 9.53 Å². The lowest BCUT2D eigenvalue weighted by atomic mass is 9.80. The summed E-state index contributed by atoms with van der Waals surface area (Å²) in [7, 11) is 0. The number of nitrogens with one attached hydrogen (secondary N) is 1. The van der Waals surface area contributed by atoms with Crippen LogP contribution in [0.3, 0.4) is 0 Å². The maximum atomic E-state index is 12.2. The molecule has 2 saturated heterocycles. The lowest BCUT2D eigenvalue weighted by molar-refractivity contribution is -0.153. The second kappa shape index (κ2) is 6.05. The first-order valence-electron chi connectivity index (χ1n) is 8.55. The summed E-state index contributed by atoms with van der Waals surface area (Å²) in [6.07, 6.45) is 9.10. The molecule has 3 aliphatic rings. The highest BCUT2D eigenvalue weighted by Gasteiger charge is 2.35. The SMILES string of the molecule is CC1CCC(OC(=O)CC2CC3CCC(C2)N3)CC1C. The molecule has 5 unspecified atom stereocenters. The first kappa shape index (κ1) is 14.4. The molecule has 0 aromatic heterocycles. The predicted molar refractivity (Wildman–Crippen MR) is 79.3 cm³/mol. The van der Waals surface area contributed by atoms with E-state index in [2.05, 4.69) is 19.2 Å². The summed E-state index contributed by atoms with van der Waals surface area (Å²) in [6.45, 7) is 4.60. The fourth-order valence-electron chi connectivity index (χ4n) is 4.42. The van der Waals surface area contributed by atoms with E-state index in [1.165, 1.54) is 32.1 Å². The Morgan fingerprint density at radius 1 is 1.00 bits per heavy atom. The Hall–Kier alpha value is -0.570. The van der Waals surface area contributed by atoms with Crippen LogP contribution in [0.1, 0.15) is 65.2 Å². The number of ether oxygens (including phenoxy) is 1. The molecule has 5 atom stereocenters.